The number of hydrogen-bond donors (Lipinski definition) is 1. The van der Waals surface area contributed by atoms with Gasteiger partial charge in [0.15, 0.2) is 6.29 Å². The molecule has 0 spiro atoms. The molecule has 2 aromatic rings. The van der Waals surface area contributed by atoms with E-state index >= 15 is 0 Å². The number of hydrogen-bond acceptors (Lipinski definition) is 8. The molecule has 1 aliphatic rings. The molecular formula is C20H25NO7. The number of nitrogens with zero attached hydrogens (tertiary/aromatic N) is 1. The normalized spacial score (nSPS) is 17.7. The van der Waals surface area contributed by atoms with Gasteiger partial charge in [0.05, 0.1) is 18.6 Å². The molecule has 1 unspecified atom stereocenters. The predicted molar refractivity (Wildman–Crippen MR) is 103 cm³/mol. The van der Waals surface area contributed by atoms with Gasteiger partial charge in [-0.15, -0.1) is 0 Å². The van der Waals surface area contributed by atoms with Crippen LogP contribution in [0.25, 0.3) is 11.0 Å². The zero-order chi connectivity index (χ0) is 20.1. The molecule has 28 heavy (non-hydrogen) atoms. The number of rotatable bonds is 7. The highest BCUT2D eigenvalue weighted by molar-refractivity contribution is 6.06. The molecule has 1 aliphatic heterocycles. The number of oxime groups is 1. The molecule has 1 N–H and O–H groups in total. The van der Waals surface area contributed by atoms with Crippen molar-refractivity contribution < 1.29 is 28.6 Å². The Morgan fingerprint density at radius 3 is 2.86 bits per heavy atom. The van der Waals surface area contributed by atoms with Crippen molar-refractivity contribution in [2.45, 2.75) is 39.4 Å². The molecule has 0 bridgehead atoms. The van der Waals surface area contributed by atoms with Gasteiger partial charge in [-0.3, -0.25) is 0 Å². The monoisotopic (exact) mass is 391 g/mol. The van der Waals surface area contributed by atoms with Gasteiger partial charge in [0, 0.05) is 18.6 Å². The van der Waals surface area contributed by atoms with Crippen LogP contribution >= 0.6 is 0 Å². The first kappa shape index (κ1) is 20.2. The van der Waals surface area contributed by atoms with E-state index < -0.39 is 5.63 Å². The first-order valence-corrected chi connectivity index (χ1v) is 9.32. The summed E-state index contributed by atoms with van der Waals surface area (Å²) in [7, 11) is 1.35. The third-order valence-corrected chi connectivity index (χ3v) is 4.58. The predicted octanol–water partition coefficient (Wildman–Crippen LogP) is 3.10. The van der Waals surface area contributed by atoms with Crippen molar-refractivity contribution in [2.75, 3.05) is 26.9 Å². The Kier molecular flexibility index (Phi) is 6.53. The van der Waals surface area contributed by atoms with Gasteiger partial charge in [-0.25, -0.2) is 4.79 Å². The van der Waals surface area contributed by atoms with Crippen LogP contribution in [0, 0.1) is 6.92 Å². The van der Waals surface area contributed by atoms with E-state index in [0.717, 1.165) is 19.3 Å². The summed E-state index contributed by atoms with van der Waals surface area (Å²) in [6.45, 7) is 4.68. The van der Waals surface area contributed by atoms with Crippen LogP contribution in [0.15, 0.2) is 26.5 Å². The van der Waals surface area contributed by atoms with Gasteiger partial charge in [-0.2, -0.15) is 0 Å². The fourth-order valence-electron chi connectivity index (χ4n) is 3.15. The summed E-state index contributed by atoms with van der Waals surface area (Å²) in [6, 6.07) is 3.38. The van der Waals surface area contributed by atoms with Gasteiger partial charge in [0.1, 0.15) is 35.5 Å². The standard InChI is InChI=1S/C20H25NO7/c1-4-25-11-14(21-24-3)17-18(22)13-8-9-15(12(2)19(13)28-20(17)23)27-16-7-5-6-10-26-16/h8-9,16,22H,4-7,10-11H2,1-3H3/b21-14+. The van der Waals surface area contributed by atoms with Crippen molar-refractivity contribution in [3.8, 4) is 11.5 Å². The van der Waals surface area contributed by atoms with E-state index in [9.17, 15) is 9.90 Å². The maximum absolute atomic E-state index is 12.6. The second-order valence-electron chi connectivity index (χ2n) is 6.45. The Bertz CT molecular complexity index is 913. The Morgan fingerprint density at radius 2 is 2.18 bits per heavy atom. The number of aromatic hydroxyl groups is 1. The molecule has 152 valence electrons. The minimum absolute atomic E-state index is 0.00730. The highest BCUT2D eigenvalue weighted by Gasteiger charge is 2.23. The summed E-state index contributed by atoms with van der Waals surface area (Å²) < 4.78 is 22.3. The van der Waals surface area contributed by atoms with Crippen LogP contribution in [0.1, 0.15) is 37.3 Å². The highest BCUT2D eigenvalue weighted by Crippen LogP contribution is 2.34. The molecule has 2 heterocycles. The molecule has 1 aromatic heterocycles. The molecule has 3 rings (SSSR count). The van der Waals surface area contributed by atoms with Gasteiger partial charge < -0.3 is 28.6 Å². The van der Waals surface area contributed by atoms with Crippen molar-refractivity contribution in [3.05, 3.63) is 33.7 Å². The van der Waals surface area contributed by atoms with E-state index in [4.69, 9.17) is 23.5 Å². The van der Waals surface area contributed by atoms with Crippen LogP contribution in [0.4, 0.5) is 0 Å². The molecule has 1 saturated heterocycles. The molecule has 0 amide bonds. The first-order valence-electron chi connectivity index (χ1n) is 9.32. The average molecular weight is 391 g/mol. The topological polar surface area (TPSA) is 99.7 Å². The summed E-state index contributed by atoms with van der Waals surface area (Å²) in [5.41, 5.74) is 0.223. The maximum Gasteiger partial charge on any atom is 0.349 e. The fourth-order valence-corrected chi connectivity index (χ4v) is 3.15. The van der Waals surface area contributed by atoms with Crippen molar-refractivity contribution in [2.24, 2.45) is 5.16 Å². The minimum atomic E-state index is -0.727. The van der Waals surface area contributed by atoms with Crippen molar-refractivity contribution in [3.63, 3.8) is 0 Å². The van der Waals surface area contributed by atoms with Crippen LogP contribution in [-0.4, -0.2) is 44.0 Å². The summed E-state index contributed by atoms with van der Waals surface area (Å²) in [6.07, 6.45) is 2.55. The molecule has 1 aromatic carbocycles. The summed E-state index contributed by atoms with van der Waals surface area (Å²) >= 11 is 0. The van der Waals surface area contributed by atoms with Gasteiger partial charge in [0.2, 0.25) is 0 Å². The van der Waals surface area contributed by atoms with Crippen LogP contribution in [0.3, 0.4) is 0 Å². The lowest BCUT2D eigenvalue weighted by molar-refractivity contribution is -0.106. The molecule has 8 heteroatoms. The van der Waals surface area contributed by atoms with E-state index in [1.807, 2.05) is 6.92 Å². The second kappa shape index (κ2) is 9.07. The average Bonchev–Trinajstić information content (AvgIpc) is 2.69. The smallest absolute Gasteiger partial charge is 0.349 e. The van der Waals surface area contributed by atoms with Crippen molar-refractivity contribution >= 4 is 16.7 Å². The van der Waals surface area contributed by atoms with E-state index in [0.29, 0.717) is 29.9 Å². The Hall–Kier alpha value is -2.58. The van der Waals surface area contributed by atoms with Gasteiger partial charge in [0.25, 0.3) is 0 Å². The second-order valence-corrected chi connectivity index (χ2v) is 6.45. The molecule has 1 atom stereocenters. The zero-order valence-corrected chi connectivity index (χ0v) is 16.3. The maximum atomic E-state index is 12.6. The van der Waals surface area contributed by atoms with Crippen LogP contribution < -0.4 is 10.4 Å². The summed E-state index contributed by atoms with van der Waals surface area (Å²) in [5.74, 6) is 0.320. The lowest BCUT2D eigenvalue weighted by atomic mass is 10.1. The zero-order valence-electron chi connectivity index (χ0n) is 16.3. The molecule has 0 saturated carbocycles. The Morgan fingerprint density at radius 1 is 1.36 bits per heavy atom. The molecule has 1 fully saturated rings. The molecule has 0 aliphatic carbocycles. The largest absolute Gasteiger partial charge is 0.506 e. The lowest BCUT2D eigenvalue weighted by Crippen LogP contribution is -2.25. The summed E-state index contributed by atoms with van der Waals surface area (Å²) in [4.78, 5) is 17.4. The SMILES string of the molecule is CCOC/C(=N\OC)c1c(O)c2ccc(OC3CCCCO3)c(C)c2oc1=O. The van der Waals surface area contributed by atoms with E-state index in [1.165, 1.54) is 7.11 Å². The molecule has 0 radical (unpaired) electrons. The Labute approximate surface area is 162 Å². The molecule has 8 nitrogen and oxygen atoms in total. The van der Waals surface area contributed by atoms with E-state index in [1.54, 1.807) is 19.1 Å². The number of benzene rings is 1. The number of aryl methyl sites for hydroxylation is 1. The third-order valence-electron chi connectivity index (χ3n) is 4.58. The number of ether oxygens (including phenoxy) is 3. The van der Waals surface area contributed by atoms with Gasteiger partial charge in [-0.1, -0.05) is 5.16 Å². The minimum Gasteiger partial charge on any atom is -0.506 e. The quantitative estimate of drug-likeness (QED) is 0.440. The van der Waals surface area contributed by atoms with Crippen molar-refractivity contribution in [1.29, 1.82) is 0 Å². The molecular weight excluding hydrogens is 366 g/mol. The summed E-state index contributed by atoms with van der Waals surface area (Å²) in [5, 5.41) is 14.9. The Balaban J connectivity index is 2.03. The third kappa shape index (κ3) is 4.13. The van der Waals surface area contributed by atoms with Crippen LogP contribution in [0.5, 0.6) is 11.5 Å². The van der Waals surface area contributed by atoms with E-state index in [-0.39, 0.29) is 35.5 Å². The van der Waals surface area contributed by atoms with E-state index in [2.05, 4.69) is 5.16 Å². The van der Waals surface area contributed by atoms with Crippen LogP contribution in [0.2, 0.25) is 0 Å². The van der Waals surface area contributed by atoms with Crippen molar-refractivity contribution in [1.82, 2.24) is 0 Å². The highest BCUT2D eigenvalue weighted by atomic mass is 16.7. The number of fused-ring (bicyclic) bond motifs is 1. The first-order chi connectivity index (χ1) is 13.6. The van der Waals surface area contributed by atoms with Gasteiger partial charge >= 0.3 is 5.63 Å². The fraction of sp³-hybridized carbons (Fsp3) is 0.500. The van der Waals surface area contributed by atoms with Crippen LogP contribution in [-0.2, 0) is 14.3 Å². The lowest BCUT2D eigenvalue weighted by Gasteiger charge is -2.24. The van der Waals surface area contributed by atoms with Gasteiger partial charge in [-0.05, 0) is 38.8 Å².